The first-order valence-electron chi connectivity index (χ1n) is 7.45. The topological polar surface area (TPSA) is 83.7 Å². The third kappa shape index (κ3) is 1.74. The summed E-state index contributed by atoms with van der Waals surface area (Å²) >= 11 is 0. The van der Waals surface area contributed by atoms with Crippen molar-refractivity contribution in [2.24, 2.45) is 5.73 Å². The molecule has 0 amide bonds. The molecular weight excluding hydrogens is 276 g/mol. The highest BCUT2D eigenvalue weighted by atomic mass is 15.3. The van der Waals surface area contributed by atoms with Gasteiger partial charge in [-0.05, 0) is 19.4 Å². The van der Waals surface area contributed by atoms with Crippen LogP contribution in [0.4, 0.5) is 5.82 Å². The fourth-order valence-corrected chi connectivity index (χ4v) is 3.39. The highest BCUT2D eigenvalue weighted by Crippen LogP contribution is 2.41. The fraction of sp³-hybridized carbons (Fsp3) is 0.312. The van der Waals surface area contributed by atoms with Gasteiger partial charge in [0.25, 0.3) is 0 Å². The Morgan fingerprint density at radius 1 is 1.32 bits per heavy atom. The lowest BCUT2D eigenvalue weighted by Crippen LogP contribution is -2.49. The van der Waals surface area contributed by atoms with E-state index in [2.05, 4.69) is 44.4 Å². The quantitative estimate of drug-likeness (QED) is 0.753. The first-order chi connectivity index (χ1) is 10.7. The maximum Gasteiger partial charge on any atom is 0.159 e. The number of nitrogens with two attached hydrogens (primary N) is 1. The average Bonchev–Trinajstić information content (AvgIpc) is 3.18. The molecule has 1 aliphatic heterocycles. The van der Waals surface area contributed by atoms with E-state index in [4.69, 9.17) is 5.73 Å². The Bertz CT molecular complexity index is 794. The van der Waals surface area contributed by atoms with Crippen molar-refractivity contribution >= 4 is 16.6 Å². The van der Waals surface area contributed by atoms with E-state index in [0.717, 1.165) is 35.2 Å². The first kappa shape index (κ1) is 13.2. The third-order valence-corrected chi connectivity index (χ3v) is 4.77. The molecule has 1 aliphatic rings. The Hall–Kier alpha value is -2.47. The number of aromatic nitrogens is 4. The number of aromatic amines is 1. The standard InChI is InChI=1S/C16H18N6/c1-16(14-6-8-18-20-14)13(17)7-9-22(16)15-12-5-3-2-4-11(12)10-19-21-15/h2-6,8,10,13H,7,9,17H2,1H3,(H,18,20). The van der Waals surface area contributed by atoms with E-state index in [9.17, 15) is 0 Å². The van der Waals surface area contributed by atoms with Gasteiger partial charge in [-0.1, -0.05) is 24.3 Å². The summed E-state index contributed by atoms with van der Waals surface area (Å²) in [6.07, 6.45) is 4.52. The molecule has 0 saturated carbocycles. The molecule has 0 aliphatic carbocycles. The average molecular weight is 294 g/mol. The van der Waals surface area contributed by atoms with Crippen molar-refractivity contribution in [2.45, 2.75) is 24.9 Å². The van der Waals surface area contributed by atoms with Gasteiger partial charge in [-0.3, -0.25) is 5.10 Å². The molecule has 3 aromatic rings. The predicted octanol–water partition coefficient (Wildman–Crippen LogP) is 1.81. The first-order valence-corrected chi connectivity index (χ1v) is 7.45. The molecule has 0 radical (unpaired) electrons. The van der Waals surface area contributed by atoms with E-state index >= 15 is 0 Å². The van der Waals surface area contributed by atoms with Crippen LogP contribution >= 0.6 is 0 Å². The van der Waals surface area contributed by atoms with Crippen LogP contribution in [0.3, 0.4) is 0 Å². The molecule has 2 aromatic heterocycles. The van der Waals surface area contributed by atoms with Crippen LogP contribution in [0.15, 0.2) is 42.7 Å². The van der Waals surface area contributed by atoms with Crippen LogP contribution in [0, 0.1) is 0 Å². The van der Waals surface area contributed by atoms with Gasteiger partial charge in [-0.15, -0.1) is 5.10 Å². The Labute approximate surface area is 128 Å². The molecule has 4 rings (SSSR count). The van der Waals surface area contributed by atoms with Crippen LogP contribution in [-0.2, 0) is 5.54 Å². The Kier molecular flexibility index (Phi) is 2.87. The van der Waals surface area contributed by atoms with E-state index in [1.165, 1.54) is 0 Å². The highest BCUT2D eigenvalue weighted by Gasteiger charge is 2.47. The smallest absolute Gasteiger partial charge is 0.159 e. The lowest BCUT2D eigenvalue weighted by Gasteiger charge is -2.37. The minimum absolute atomic E-state index is 0.00318. The van der Waals surface area contributed by atoms with E-state index in [-0.39, 0.29) is 6.04 Å². The molecular formula is C16H18N6. The number of fused-ring (bicyclic) bond motifs is 1. The SMILES string of the molecule is CC1(c2cc[nH]n2)C(N)CCN1c1nncc2ccccc12. The third-order valence-electron chi connectivity index (χ3n) is 4.77. The van der Waals surface area contributed by atoms with Crippen molar-refractivity contribution in [3.05, 3.63) is 48.4 Å². The van der Waals surface area contributed by atoms with Crippen molar-refractivity contribution in [1.82, 2.24) is 20.4 Å². The number of rotatable bonds is 2. The van der Waals surface area contributed by atoms with Gasteiger partial charge in [0.2, 0.25) is 0 Å². The molecule has 22 heavy (non-hydrogen) atoms. The Morgan fingerprint density at radius 2 is 2.18 bits per heavy atom. The van der Waals surface area contributed by atoms with E-state index in [0.29, 0.717) is 0 Å². The minimum Gasteiger partial charge on any atom is -0.342 e. The van der Waals surface area contributed by atoms with Gasteiger partial charge in [0.15, 0.2) is 5.82 Å². The Balaban J connectivity index is 1.90. The maximum absolute atomic E-state index is 6.43. The van der Waals surface area contributed by atoms with Crippen molar-refractivity contribution in [1.29, 1.82) is 0 Å². The van der Waals surface area contributed by atoms with Crippen LogP contribution < -0.4 is 10.6 Å². The van der Waals surface area contributed by atoms with Crippen molar-refractivity contribution in [3.63, 3.8) is 0 Å². The predicted molar refractivity (Wildman–Crippen MR) is 85.4 cm³/mol. The van der Waals surface area contributed by atoms with Gasteiger partial charge in [0.1, 0.15) is 0 Å². The summed E-state index contributed by atoms with van der Waals surface area (Å²) in [5, 5.41) is 18.0. The monoisotopic (exact) mass is 294 g/mol. The molecule has 1 aromatic carbocycles. The maximum atomic E-state index is 6.43. The second-order valence-electron chi connectivity index (χ2n) is 5.91. The molecule has 6 nitrogen and oxygen atoms in total. The molecule has 6 heteroatoms. The number of benzene rings is 1. The molecule has 112 valence electrons. The highest BCUT2D eigenvalue weighted by molar-refractivity contribution is 5.91. The normalized spacial score (nSPS) is 25.0. The van der Waals surface area contributed by atoms with Gasteiger partial charge in [-0.25, -0.2) is 0 Å². The summed E-state index contributed by atoms with van der Waals surface area (Å²) in [7, 11) is 0. The van der Waals surface area contributed by atoms with E-state index in [1.54, 1.807) is 6.20 Å². The summed E-state index contributed by atoms with van der Waals surface area (Å²) in [4.78, 5) is 2.24. The van der Waals surface area contributed by atoms with Gasteiger partial charge < -0.3 is 10.6 Å². The van der Waals surface area contributed by atoms with Gasteiger partial charge in [0.05, 0.1) is 17.4 Å². The molecule has 3 heterocycles. The molecule has 2 unspecified atom stereocenters. The fourth-order valence-electron chi connectivity index (χ4n) is 3.39. The number of nitrogens with zero attached hydrogens (tertiary/aromatic N) is 4. The van der Waals surface area contributed by atoms with Gasteiger partial charge >= 0.3 is 0 Å². The second kappa shape index (κ2) is 4.78. The summed E-state index contributed by atoms with van der Waals surface area (Å²) in [5.74, 6) is 0.872. The lowest BCUT2D eigenvalue weighted by atomic mass is 9.90. The van der Waals surface area contributed by atoms with Gasteiger partial charge in [0, 0.05) is 29.6 Å². The zero-order chi connectivity index (χ0) is 15.2. The molecule has 1 saturated heterocycles. The summed E-state index contributed by atoms with van der Waals surface area (Å²) in [5.41, 5.74) is 6.98. The molecule has 0 bridgehead atoms. The second-order valence-corrected chi connectivity index (χ2v) is 5.91. The number of anilines is 1. The summed E-state index contributed by atoms with van der Waals surface area (Å²) in [6, 6.07) is 10.1. The van der Waals surface area contributed by atoms with Crippen LogP contribution in [-0.4, -0.2) is 33.0 Å². The number of hydrogen-bond acceptors (Lipinski definition) is 5. The van der Waals surface area contributed by atoms with Gasteiger partial charge in [-0.2, -0.15) is 10.2 Å². The number of H-pyrrole nitrogens is 1. The van der Waals surface area contributed by atoms with Crippen molar-refractivity contribution in [3.8, 4) is 0 Å². The molecule has 0 spiro atoms. The zero-order valence-electron chi connectivity index (χ0n) is 12.4. The summed E-state index contributed by atoms with van der Waals surface area (Å²) in [6.45, 7) is 2.97. The zero-order valence-corrected chi connectivity index (χ0v) is 12.4. The van der Waals surface area contributed by atoms with E-state index in [1.807, 2.05) is 24.4 Å². The largest absolute Gasteiger partial charge is 0.342 e. The molecule has 3 N–H and O–H groups in total. The minimum atomic E-state index is -0.390. The summed E-state index contributed by atoms with van der Waals surface area (Å²) < 4.78 is 0. The van der Waals surface area contributed by atoms with E-state index < -0.39 is 5.54 Å². The van der Waals surface area contributed by atoms with Crippen LogP contribution in [0.1, 0.15) is 19.0 Å². The lowest BCUT2D eigenvalue weighted by molar-refractivity contribution is 0.415. The number of hydrogen-bond donors (Lipinski definition) is 2. The van der Waals surface area contributed by atoms with Crippen LogP contribution in [0.5, 0.6) is 0 Å². The number of nitrogens with one attached hydrogen (secondary N) is 1. The molecule has 2 atom stereocenters. The van der Waals surface area contributed by atoms with Crippen molar-refractivity contribution in [2.75, 3.05) is 11.4 Å². The van der Waals surface area contributed by atoms with Crippen molar-refractivity contribution < 1.29 is 0 Å². The molecule has 1 fully saturated rings. The van der Waals surface area contributed by atoms with Crippen LogP contribution in [0.2, 0.25) is 0 Å². The Morgan fingerprint density at radius 3 is 3.00 bits per heavy atom. The van der Waals surface area contributed by atoms with Crippen LogP contribution in [0.25, 0.3) is 10.8 Å².